The van der Waals surface area contributed by atoms with Gasteiger partial charge in [-0.2, -0.15) is 4.31 Å². The van der Waals surface area contributed by atoms with E-state index in [0.29, 0.717) is 19.6 Å². The zero-order chi connectivity index (χ0) is 16.5. The molecule has 126 valence electrons. The van der Waals surface area contributed by atoms with Crippen LogP contribution < -0.4 is 10.6 Å². The summed E-state index contributed by atoms with van der Waals surface area (Å²) >= 11 is 0. The van der Waals surface area contributed by atoms with Gasteiger partial charge >= 0.3 is 6.03 Å². The van der Waals surface area contributed by atoms with Crippen molar-refractivity contribution in [3.8, 4) is 0 Å². The van der Waals surface area contributed by atoms with E-state index in [9.17, 15) is 18.0 Å². The number of nitrogens with one attached hydrogen (secondary N) is 2. The first-order valence-electron chi connectivity index (χ1n) is 7.39. The van der Waals surface area contributed by atoms with Crippen molar-refractivity contribution in [1.29, 1.82) is 0 Å². The Bertz CT molecular complexity index is 562. The summed E-state index contributed by atoms with van der Waals surface area (Å²) in [7, 11) is -3.37. The molecule has 0 aromatic rings. The van der Waals surface area contributed by atoms with Crippen LogP contribution >= 0.6 is 0 Å². The summed E-state index contributed by atoms with van der Waals surface area (Å²) in [6.45, 7) is 5.33. The van der Waals surface area contributed by atoms with Crippen LogP contribution in [0.5, 0.6) is 0 Å². The van der Waals surface area contributed by atoms with Gasteiger partial charge in [-0.1, -0.05) is 0 Å². The number of rotatable bonds is 2. The Balaban J connectivity index is 2.23. The van der Waals surface area contributed by atoms with Crippen molar-refractivity contribution in [3.63, 3.8) is 0 Å². The Morgan fingerprint density at radius 2 is 2.00 bits per heavy atom. The molecule has 0 bridgehead atoms. The molecule has 1 atom stereocenters. The first-order chi connectivity index (χ1) is 10.1. The van der Waals surface area contributed by atoms with E-state index in [4.69, 9.17) is 0 Å². The van der Waals surface area contributed by atoms with Crippen LogP contribution in [-0.4, -0.2) is 74.6 Å². The van der Waals surface area contributed by atoms with Gasteiger partial charge in [0.25, 0.3) is 0 Å². The maximum atomic E-state index is 12.3. The van der Waals surface area contributed by atoms with E-state index in [1.165, 1.54) is 4.31 Å². The van der Waals surface area contributed by atoms with Crippen LogP contribution in [-0.2, 0) is 14.8 Å². The molecule has 0 aliphatic carbocycles. The van der Waals surface area contributed by atoms with Crippen molar-refractivity contribution in [2.45, 2.75) is 26.3 Å². The fourth-order valence-electron chi connectivity index (χ4n) is 2.99. The van der Waals surface area contributed by atoms with Gasteiger partial charge in [-0.15, -0.1) is 0 Å². The Hall–Kier alpha value is -1.35. The molecule has 0 unspecified atom stereocenters. The summed E-state index contributed by atoms with van der Waals surface area (Å²) in [5.74, 6) is -0.0976. The minimum absolute atomic E-state index is 0.000971. The van der Waals surface area contributed by atoms with Crippen LogP contribution in [0.4, 0.5) is 4.79 Å². The third-order valence-corrected chi connectivity index (χ3v) is 5.27. The van der Waals surface area contributed by atoms with Gasteiger partial charge in [0.05, 0.1) is 6.26 Å². The summed E-state index contributed by atoms with van der Waals surface area (Å²) in [6.07, 6.45) is 1.40. The molecule has 0 aromatic heterocycles. The van der Waals surface area contributed by atoms with Crippen LogP contribution in [0.2, 0.25) is 0 Å². The van der Waals surface area contributed by atoms with Crippen molar-refractivity contribution < 1.29 is 18.0 Å². The maximum absolute atomic E-state index is 12.3. The molecule has 2 heterocycles. The van der Waals surface area contributed by atoms with Gasteiger partial charge < -0.3 is 15.5 Å². The van der Waals surface area contributed by atoms with E-state index in [1.54, 1.807) is 4.90 Å². The molecule has 3 amide bonds. The molecule has 0 aromatic carbocycles. The monoisotopic (exact) mass is 332 g/mol. The van der Waals surface area contributed by atoms with E-state index >= 15 is 0 Å². The second-order valence-corrected chi connectivity index (χ2v) is 8.56. The number of carbonyl (C=O) groups is 2. The lowest BCUT2D eigenvalue weighted by atomic mass is 9.86. The molecule has 2 N–H and O–H groups in total. The van der Waals surface area contributed by atoms with Crippen molar-refractivity contribution >= 4 is 22.0 Å². The SMILES string of the molecule is CC(C)NC(=O)N1CCN(S(C)(=O)=O)C[C@@]2(CNC(=O)C2)C1. The normalized spacial score (nSPS) is 27.1. The van der Waals surface area contributed by atoms with Crippen LogP contribution in [0, 0.1) is 5.41 Å². The molecular formula is C13H24N4O4S. The Labute approximate surface area is 131 Å². The standard InChI is InChI=1S/C13H24N4O4S/c1-10(2)15-12(19)16-4-5-17(22(3,20)21)9-13(8-16)6-11(18)14-7-13/h10H,4-9H2,1-3H3,(H,14,18)(H,15,19)/t13-/m0/s1. The first-order valence-corrected chi connectivity index (χ1v) is 9.23. The minimum Gasteiger partial charge on any atom is -0.355 e. The zero-order valence-electron chi connectivity index (χ0n) is 13.3. The van der Waals surface area contributed by atoms with Gasteiger partial charge in [-0.05, 0) is 13.8 Å². The largest absolute Gasteiger partial charge is 0.355 e. The van der Waals surface area contributed by atoms with Crippen LogP contribution in [0.25, 0.3) is 0 Å². The van der Waals surface area contributed by atoms with Gasteiger partial charge in [0.15, 0.2) is 0 Å². The second-order valence-electron chi connectivity index (χ2n) is 6.58. The predicted molar refractivity (Wildman–Crippen MR) is 81.7 cm³/mol. The molecule has 2 aliphatic rings. The molecule has 8 nitrogen and oxygen atoms in total. The number of sulfonamides is 1. The van der Waals surface area contributed by atoms with Gasteiger partial charge in [0.2, 0.25) is 15.9 Å². The lowest BCUT2D eigenvalue weighted by Gasteiger charge is -2.32. The Morgan fingerprint density at radius 3 is 2.50 bits per heavy atom. The third-order valence-electron chi connectivity index (χ3n) is 4.02. The fourth-order valence-corrected chi connectivity index (χ4v) is 3.91. The van der Waals surface area contributed by atoms with Crippen molar-refractivity contribution in [2.75, 3.05) is 39.0 Å². The topological polar surface area (TPSA) is 98.8 Å². The highest BCUT2D eigenvalue weighted by molar-refractivity contribution is 7.88. The van der Waals surface area contributed by atoms with Gasteiger partial charge in [0, 0.05) is 50.6 Å². The zero-order valence-corrected chi connectivity index (χ0v) is 14.1. The molecular weight excluding hydrogens is 308 g/mol. The molecule has 2 aliphatic heterocycles. The molecule has 0 radical (unpaired) electrons. The Morgan fingerprint density at radius 1 is 1.32 bits per heavy atom. The average Bonchev–Trinajstić information content (AvgIpc) is 2.61. The average molecular weight is 332 g/mol. The van der Waals surface area contributed by atoms with Crippen molar-refractivity contribution in [2.24, 2.45) is 5.41 Å². The molecule has 22 heavy (non-hydrogen) atoms. The predicted octanol–water partition coefficient (Wildman–Crippen LogP) is -0.812. The second kappa shape index (κ2) is 6.04. The number of amides is 3. The number of nitrogens with zero attached hydrogens (tertiary/aromatic N) is 2. The molecule has 2 rings (SSSR count). The van der Waals surface area contributed by atoms with Gasteiger partial charge in [-0.3, -0.25) is 4.79 Å². The molecule has 9 heteroatoms. The van der Waals surface area contributed by atoms with Crippen molar-refractivity contribution in [1.82, 2.24) is 19.8 Å². The van der Waals surface area contributed by atoms with Crippen molar-refractivity contribution in [3.05, 3.63) is 0 Å². The molecule has 0 saturated carbocycles. The van der Waals surface area contributed by atoms with E-state index in [0.717, 1.165) is 6.26 Å². The number of carbonyl (C=O) groups excluding carboxylic acids is 2. The molecule has 2 saturated heterocycles. The summed E-state index contributed by atoms with van der Waals surface area (Å²) in [4.78, 5) is 25.5. The molecule has 2 fully saturated rings. The third kappa shape index (κ3) is 3.89. The first kappa shape index (κ1) is 17.0. The lowest BCUT2D eigenvalue weighted by molar-refractivity contribution is -0.119. The Kier molecular flexibility index (Phi) is 4.67. The quantitative estimate of drug-likeness (QED) is 0.691. The highest BCUT2D eigenvalue weighted by atomic mass is 32.2. The summed E-state index contributed by atoms with van der Waals surface area (Å²) in [6, 6.07) is -0.217. The number of urea groups is 1. The van der Waals surface area contributed by atoms with Crippen LogP contribution in [0.15, 0.2) is 0 Å². The maximum Gasteiger partial charge on any atom is 0.317 e. The highest BCUT2D eigenvalue weighted by Gasteiger charge is 2.45. The fraction of sp³-hybridized carbons (Fsp3) is 0.846. The van der Waals surface area contributed by atoms with Gasteiger partial charge in [0.1, 0.15) is 0 Å². The number of hydrogen-bond donors (Lipinski definition) is 2. The van der Waals surface area contributed by atoms with E-state index < -0.39 is 15.4 Å². The van der Waals surface area contributed by atoms with E-state index in [2.05, 4.69) is 10.6 Å². The van der Waals surface area contributed by atoms with E-state index in [-0.39, 0.29) is 37.5 Å². The van der Waals surface area contributed by atoms with Gasteiger partial charge in [-0.25, -0.2) is 13.2 Å². The summed E-state index contributed by atoms with van der Waals surface area (Å²) in [5, 5.41) is 5.59. The summed E-state index contributed by atoms with van der Waals surface area (Å²) < 4.78 is 25.2. The highest BCUT2D eigenvalue weighted by Crippen LogP contribution is 2.31. The minimum atomic E-state index is -3.37. The number of hydrogen-bond acceptors (Lipinski definition) is 4. The van der Waals surface area contributed by atoms with Crippen LogP contribution in [0.3, 0.4) is 0 Å². The lowest BCUT2D eigenvalue weighted by Crippen LogP contribution is -2.48. The smallest absolute Gasteiger partial charge is 0.317 e. The molecule has 1 spiro atoms. The van der Waals surface area contributed by atoms with E-state index in [1.807, 2.05) is 13.8 Å². The summed E-state index contributed by atoms with van der Waals surface area (Å²) in [5.41, 5.74) is -0.551. The van der Waals surface area contributed by atoms with Crippen LogP contribution in [0.1, 0.15) is 20.3 Å².